The zero-order valence-electron chi connectivity index (χ0n) is 18.3. The molecule has 10 nitrogen and oxygen atoms in total. The monoisotopic (exact) mass is 452 g/mol. The quantitative estimate of drug-likeness (QED) is 0.404. The molecule has 1 aliphatic rings. The zero-order chi connectivity index (χ0) is 23.1. The van der Waals surface area contributed by atoms with Crippen molar-refractivity contribution in [2.75, 3.05) is 11.4 Å². The van der Waals surface area contributed by atoms with Crippen molar-refractivity contribution in [3.63, 3.8) is 0 Å². The molecule has 0 bridgehead atoms. The Kier molecular flexibility index (Phi) is 4.76. The van der Waals surface area contributed by atoms with Crippen molar-refractivity contribution in [1.29, 1.82) is 0 Å². The molecule has 0 atom stereocenters. The van der Waals surface area contributed by atoms with E-state index in [1.807, 2.05) is 31.2 Å². The Morgan fingerprint density at radius 3 is 2.68 bits per heavy atom. The van der Waals surface area contributed by atoms with Gasteiger partial charge < -0.3 is 19.2 Å². The molecule has 0 fully saturated rings. The van der Waals surface area contributed by atoms with E-state index < -0.39 is 0 Å². The number of benzene rings is 2. The van der Waals surface area contributed by atoms with Crippen LogP contribution in [0.2, 0.25) is 0 Å². The highest BCUT2D eigenvalue weighted by atomic mass is 16.5. The third-order valence-electron chi connectivity index (χ3n) is 5.82. The van der Waals surface area contributed by atoms with E-state index in [4.69, 9.17) is 4.74 Å². The van der Waals surface area contributed by atoms with E-state index in [0.29, 0.717) is 35.4 Å². The minimum absolute atomic E-state index is 0.185. The molecule has 10 heteroatoms. The van der Waals surface area contributed by atoms with Gasteiger partial charge in [0.05, 0.1) is 17.6 Å². The van der Waals surface area contributed by atoms with Gasteiger partial charge >= 0.3 is 0 Å². The number of carbonyl (C=O) groups excluding carboxylic acids is 1. The number of nitrogens with zero attached hydrogens (tertiary/aromatic N) is 7. The number of rotatable bonds is 5. The number of aromatic nitrogens is 7. The van der Waals surface area contributed by atoms with Crippen LogP contribution in [0.1, 0.15) is 27.8 Å². The zero-order valence-corrected chi connectivity index (χ0v) is 18.3. The number of aryl methyl sites for hydroxylation is 1. The number of anilines is 1. The summed E-state index contributed by atoms with van der Waals surface area (Å²) >= 11 is 0. The predicted molar refractivity (Wildman–Crippen MR) is 124 cm³/mol. The van der Waals surface area contributed by atoms with Gasteiger partial charge in [-0.15, -0.1) is 10.2 Å². The Morgan fingerprint density at radius 1 is 1.00 bits per heavy atom. The maximum Gasteiger partial charge on any atom is 0.263 e. The molecule has 1 aliphatic heterocycles. The summed E-state index contributed by atoms with van der Waals surface area (Å²) in [6, 6.07) is 14.5. The fourth-order valence-electron chi connectivity index (χ4n) is 4.07. The molecule has 0 aliphatic carbocycles. The first kappa shape index (κ1) is 20.0. The average Bonchev–Trinajstić information content (AvgIpc) is 3.48. The fraction of sp³-hybridized carbons (Fsp3) is 0.167. The summed E-state index contributed by atoms with van der Waals surface area (Å²) in [5.41, 5.74) is 2.09. The molecular formula is C24H20N8O2. The van der Waals surface area contributed by atoms with Gasteiger partial charge in [0.2, 0.25) is 5.78 Å². The number of para-hydroxylation sites is 2. The minimum Gasteiger partial charge on any atom is -0.436 e. The van der Waals surface area contributed by atoms with Crippen molar-refractivity contribution in [3.8, 4) is 11.6 Å². The van der Waals surface area contributed by atoms with E-state index in [1.165, 1.54) is 0 Å². The van der Waals surface area contributed by atoms with Gasteiger partial charge in [-0.3, -0.25) is 4.79 Å². The Balaban J connectivity index is 1.21. The molecular weight excluding hydrogens is 432 g/mol. The van der Waals surface area contributed by atoms with Gasteiger partial charge in [-0.2, -0.15) is 0 Å². The van der Waals surface area contributed by atoms with Crippen molar-refractivity contribution >= 4 is 22.6 Å². The van der Waals surface area contributed by atoms with Crippen LogP contribution in [0.15, 0.2) is 60.9 Å². The second-order valence-corrected chi connectivity index (χ2v) is 7.98. The summed E-state index contributed by atoms with van der Waals surface area (Å²) < 4.78 is 8.15. The van der Waals surface area contributed by atoms with Crippen LogP contribution in [0.25, 0.3) is 11.0 Å². The number of hydrogen-bond donors (Lipinski definition) is 1. The van der Waals surface area contributed by atoms with Gasteiger partial charge in [0.25, 0.3) is 5.88 Å². The third-order valence-corrected chi connectivity index (χ3v) is 5.82. The second kappa shape index (κ2) is 8.07. The number of nitrogens with one attached hydrogen (secondary N) is 1. The highest BCUT2D eigenvalue weighted by Crippen LogP contribution is 2.30. The summed E-state index contributed by atoms with van der Waals surface area (Å²) in [6.45, 7) is 4.03. The highest BCUT2D eigenvalue weighted by molar-refractivity contribution is 6.08. The van der Waals surface area contributed by atoms with Crippen LogP contribution >= 0.6 is 0 Å². The molecule has 0 radical (unpaired) electrons. The first-order valence-electron chi connectivity index (χ1n) is 10.9. The lowest BCUT2D eigenvalue weighted by Gasteiger charge is -2.29. The van der Waals surface area contributed by atoms with Gasteiger partial charge in [0, 0.05) is 31.0 Å². The maximum atomic E-state index is 12.9. The molecule has 168 valence electrons. The summed E-state index contributed by atoms with van der Waals surface area (Å²) in [5.74, 6) is 3.49. The van der Waals surface area contributed by atoms with Gasteiger partial charge in [0.1, 0.15) is 11.6 Å². The molecule has 0 amide bonds. The number of carbonyl (C=O) groups is 1. The number of ether oxygens (including phenoxy) is 1. The lowest BCUT2D eigenvalue weighted by molar-refractivity contribution is 0.103. The number of fused-ring (bicyclic) bond motifs is 2. The van der Waals surface area contributed by atoms with Crippen LogP contribution in [0, 0.1) is 6.92 Å². The maximum absolute atomic E-state index is 12.9. The first-order valence-corrected chi connectivity index (χ1v) is 10.9. The van der Waals surface area contributed by atoms with Crippen LogP contribution in [0.4, 0.5) is 5.82 Å². The molecule has 1 N–H and O–H groups in total. The molecule has 3 aromatic heterocycles. The van der Waals surface area contributed by atoms with Crippen LogP contribution < -0.4 is 9.64 Å². The molecule has 6 rings (SSSR count). The topological polar surface area (TPSA) is 115 Å². The molecule has 34 heavy (non-hydrogen) atoms. The minimum atomic E-state index is -0.185. The van der Waals surface area contributed by atoms with Crippen molar-refractivity contribution in [2.24, 2.45) is 0 Å². The van der Waals surface area contributed by atoms with Crippen LogP contribution in [-0.4, -0.2) is 47.0 Å². The second-order valence-electron chi connectivity index (χ2n) is 7.98. The van der Waals surface area contributed by atoms with Gasteiger partial charge in [-0.1, -0.05) is 12.1 Å². The van der Waals surface area contributed by atoms with Crippen molar-refractivity contribution in [3.05, 3.63) is 84.0 Å². The number of aromatic amines is 1. The summed E-state index contributed by atoms with van der Waals surface area (Å²) in [4.78, 5) is 31.3. The molecule has 5 aromatic rings. The Bertz CT molecular complexity index is 1470. The molecule has 2 aromatic carbocycles. The largest absolute Gasteiger partial charge is 0.436 e. The standard InChI is InChI=1S/C24H20N8O2/c1-15-29-30-20-14-31(12-13-32(15)20)23-24(26-11-10-25-23)34-17-8-6-16(7-9-17)21(33)22-27-18-4-2-3-5-19(18)28-22/h2-11H,12-14H2,1H3,(H,27,28). The summed E-state index contributed by atoms with van der Waals surface area (Å²) in [5, 5.41) is 8.41. The van der Waals surface area contributed by atoms with E-state index in [-0.39, 0.29) is 5.78 Å². The van der Waals surface area contributed by atoms with E-state index >= 15 is 0 Å². The van der Waals surface area contributed by atoms with Crippen molar-refractivity contribution < 1.29 is 9.53 Å². The van der Waals surface area contributed by atoms with Crippen LogP contribution in [0.5, 0.6) is 11.6 Å². The predicted octanol–water partition coefficient (Wildman–Crippen LogP) is 3.30. The van der Waals surface area contributed by atoms with Gasteiger partial charge in [0.15, 0.2) is 17.5 Å². The van der Waals surface area contributed by atoms with E-state index in [1.54, 1.807) is 36.7 Å². The lowest BCUT2D eigenvalue weighted by Crippen LogP contribution is -2.35. The normalized spacial score (nSPS) is 13.1. The number of H-pyrrole nitrogens is 1. The SMILES string of the molecule is Cc1nnc2n1CCN(c1nccnc1Oc1ccc(C(=O)c3nc4ccccc4[nH]3)cc1)C2. The Hall–Kier alpha value is -4.60. The van der Waals surface area contributed by atoms with E-state index in [9.17, 15) is 4.79 Å². The van der Waals surface area contributed by atoms with Gasteiger partial charge in [-0.25, -0.2) is 15.0 Å². The number of imidazole rings is 1. The number of ketones is 1. The van der Waals surface area contributed by atoms with Crippen molar-refractivity contribution in [1.82, 2.24) is 34.7 Å². The molecule has 0 spiro atoms. The smallest absolute Gasteiger partial charge is 0.263 e. The molecule has 0 saturated carbocycles. The molecule has 0 saturated heterocycles. The van der Waals surface area contributed by atoms with Gasteiger partial charge in [-0.05, 0) is 43.3 Å². The Labute approximate surface area is 194 Å². The van der Waals surface area contributed by atoms with E-state index in [0.717, 1.165) is 35.8 Å². The fourth-order valence-corrected chi connectivity index (χ4v) is 4.07. The highest BCUT2D eigenvalue weighted by Gasteiger charge is 2.24. The Morgan fingerprint density at radius 2 is 1.82 bits per heavy atom. The first-order chi connectivity index (χ1) is 16.7. The molecule has 4 heterocycles. The number of hydrogen-bond acceptors (Lipinski definition) is 8. The summed E-state index contributed by atoms with van der Waals surface area (Å²) in [6.07, 6.45) is 3.23. The van der Waals surface area contributed by atoms with E-state index in [2.05, 4.69) is 39.6 Å². The van der Waals surface area contributed by atoms with Crippen molar-refractivity contribution in [2.45, 2.75) is 20.0 Å². The molecule has 0 unspecified atom stereocenters. The lowest BCUT2D eigenvalue weighted by atomic mass is 10.1. The van der Waals surface area contributed by atoms with Crippen LogP contribution in [-0.2, 0) is 13.1 Å². The average molecular weight is 452 g/mol. The van der Waals surface area contributed by atoms with Crippen LogP contribution in [0.3, 0.4) is 0 Å². The summed E-state index contributed by atoms with van der Waals surface area (Å²) in [7, 11) is 0. The third kappa shape index (κ3) is 3.54.